The molecule has 1 aliphatic heterocycles. The lowest BCUT2D eigenvalue weighted by molar-refractivity contribution is 0.146. The van der Waals surface area contributed by atoms with E-state index in [0.717, 1.165) is 6.04 Å². The highest BCUT2D eigenvalue weighted by atomic mass is 15.2. The van der Waals surface area contributed by atoms with Crippen molar-refractivity contribution in [2.75, 3.05) is 19.6 Å². The van der Waals surface area contributed by atoms with Crippen LogP contribution >= 0.6 is 0 Å². The predicted molar refractivity (Wildman–Crippen MR) is 74.4 cm³/mol. The Morgan fingerprint density at radius 2 is 1.82 bits per heavy atom. The molecule has 2 heteroatoms. The highest BCUT2D eigenvalue weighted by Crippen LogP contribution is 2.25. The standard InChI is InChI=1S/C15H30N2/c1-3-15(2)13-17(12-8-11-16-15)14-9-6-4-5-7-10-14/h14,16H,3-13H2,1-2H3. The van der Waals surface area contributed by atoms with E-state index in [4.69, 9.17) is 0 Å². The molecule has 1 saturated carbocycles. The van der Waals surface area contributed by atoms with Gasteiger partial charge in [0, 0.05) is 18.1 Å². The molecule has 0 aromatic rings. The van der Waals surface area contributed by atoms with E-state index >= 15 is 0 Å². The summed E-state index contributed by atoms with van der Waals surface area (Å²) in [6, 6.07) is 0.878. The summed E-state index contributed by atoms with van der Waals surface area (Å²) in [6.07, 6.45) is 11.3. The molecule has 17 heavy (non-hydrogen) atoms. The van der Waals surface area contributed by atoms with Gasteiger partial charge in [0.1, 0.15) is 0 Å². The fourth-order valence-electron chi connectivity index (χ4n) is 3.43. The summed E-state index contributed by atoms with van der Waals surface area (Å²) in [5.41, 5.74) is 0.350. The molecular formula is C15H30N2. The lowest BCUT2D eigenvalue weighted by Crippen LogP contribution is -2.50. The van der Waals surface area contributed by atoms with E-state index in [-0.39, 0.29) is 0 Å². The average Bonchev–Trinajstić information content (AvgIpc) is 2.70. The molecule has 1 heterocycles. The van der Waals surface area contributed by atoms with Crippen LogP contribution in [0.15, 0.2) is 0 Å². The minimum atomic E-state index is 0.350. The predicted octanol–water partition coefficient (Wildman–Crippen LogP) is 3.17. The minimum absolute atomic E-state index is 0.350. The third-order valence-electron chi connectivity index (χ3n) is 4.85. The maximum atomic E-state index is 3.75. The first-order chi connectivity index (χ1) is 8.23. The van der Waals surface area contributed by atoms with Crippen LogP contribution < -0.4 is 5.32 Å². The van der Waals surface area contributed by atoms with Crippen LogP contribution in [0.25, 0.3) is 0 Å². The molecule has 0 amide bonds. The summed E-state index contributed by atoms with van der Waals surface area (Å²) in [7, 11) is 0. The van der Waals surface area contributed by atoms with E-state index in [2.05, 4.69) is 24.1 Å². The van der Waals surface area contributed by atoms with Crippen molar-refractivity contribution in [1.82, 2.24) is 10.2 Å². The first kappa shape index (κ1) is 13.4. The van der Waals surface area contributed by atoms with Gasteiger partial charge >= 0.3 is 0 Å². The minimum Gasteiger partial charge on any atom is -0.310 e. The SMILES string of the molecule is CCC1(C)CN(C2CCCCCC2)CCCN1. The van der Waals surface area contributed by atoms with Crippen LogP contribution in [0.3, 0.4) is 0 Å². The fourth-order valence-corrected chi connectivity index (χ4v) is 3.43. The maximum absolute atomic E-state index is 3.75. The van der Waals surface area contributed by atoms with Crippen molar-refractivity contribution in [2.45, 2.75) is 76.8 Å². The third kappa shape index (κ3) is 3.69. The smallest absolute Gasteiger partial charge is 0.0277 e. The Kier molecular flexibility index (Phi) is 4.87. The molecule has 1 atom stereocenters. The molecule has 0 aromatic carbocycles. The Morgan fingerprint density at radius 3 is 2.47 bits per heavy atom. The number of rotatable bonds is 2. The molecule has 0 aromatic heterocycles. The lowest BCUT2D eigenvalue weighted by Gasteiger charge is -2.37. The zero-order chi connectivity index (χ0) is 12.1. The van der Waals surface area contributed by atoms with Crippen LogP contribution in [0.1, 0.15) is 65.2 Å². The zero-order valence-electron chi connectivity index (χ0n) is 11.8. The van der Waals surface area contributed by atoms with E-state index in [0.29, 0.717) is 5.54 Å². The number of hydrogen-bond acceptors (Lipinski definition) is 2. The topological polar surface area (TPSA) is 15.3 Å². The van der Waals surface area contributed by atoms with Crippen molar-refractivity contribution in [3.05, 3.63) is 0 Å². The van der Waals surface area contributed by atoms with Crippen molar-refractivity contribution in [1.29, 1.82) is 0 Å². The van der Waals surface area contributed by atoms with Gasteiger partial charge in [-0.25, -0.2) is 0 Å². The molecule has 1 aliphatic carbocycles. The quantitative estimate of drug-likeness (QED) is 0.743. The molecule has 1 N–H and O–H groups in total. The van der Waals surface area contributed by atoms with Gasteiger partial charge in [-0.05, 0) is 45.7 Å². The van der Waals surface area contributed by atoms with Gasteiger partial charge in [0.25, 0.3) is 0 Å². The van der Waals surface area contributed by atoms with E-state index in [9.17, 15) is 0 Å². The summed E-state index contributed by atoms with van der Waals surface area (Å²) in [5.74, 6) is 0. The van der Waals surface area contributed by atoms with Gasteiger partial charge < -0.3 is 5.32 Å². The van der Waals surface area contributed by atoms with Gasteiger partial charge in [-0.1, -0.05) is 32.6 Å². The van der Waals surface area contributed by atoms with Gasteiger partial charge in [-0.3, -0.25) is 4.90 Å². The molecule has 1 unspecified atom stereocenters. The summed E-state index contributed by atoms with van der Waals surface area (Å²) >= 11 is 0. The third-order valence-corrected chi connectivity index (χ3v) is 4.85. The first-order valence-electron chi connectivity index (χ1n) is 7.72. The van der Waals surface area contributed by atoms with Crippen LogP contribution in [0.4, 0.5) is 0 Å². The normalized spacial score (nSPS) is 34.2. The molecule has 2 aliphatic rings. The number of nitrogens with zero attached hydrogens (tertiary/aromatic N) is 1. The molecule has 100 valence electrons. The van der Waals surface area contributed by atoms with E-state index in [1.54, 1.807) is 0 Å². The summed E-state index contributed by atoms with van der Waals surface area (Å²) in [4.78, 5) is 2.80. The van der Waals surface area contributed by atoms with Gasteiger partial charge in [0.15, 0.2) is 0 Å². The van der Waals surface area contributed by atoms with Crippen molar-refractivity contribution in [2.24, 2.45) is 0 Å². The number of hydrogen-bond donors (Lipinski definition) is 1. The van der Waals surface area contributed by atoms with Crippen LogP contribution in [0, 0.1) is 0 Å². The Bertz CT molecular complexity index is 221. The molecule has 1 saturated heterocycles. The largest absolute Gasteiger partial charge is 0.310 e. The Morgan fingerprint density at radius 1 is 1.12 bits per heavy atom. The lowest BCUT2D eigenvalue weighted by atomic mass is 9.96. The van der Waals surface area contributed by atoms with Gasteiger partial charge in [0.05, 0.1) is 0 Å². The van der Waals surface area contributed by atoms with E-state index in [1.165, 1.54) is 71.0 Å². The molecule has 2 nitrogen and oxygen atoms in total. The average molecular weight is 238 g/mol. The van der Waals surface area contributed by atoms with Crippen LogP contribution in [0.2, 0.25) is 0 Å². The van der Waals surface area contributed by atoms with Crippen molar-refractivity contribution in [3.63, 3.8) is 0 Å². The van der Waals surface area contributed by atoms with Gasteiger partial charge in [0.2, 0.25) is 0 Å². The van der Waals surface area contributed by atoms with Gasteiger partial charge in [-0.15, -0.1) is 0 Å². The number of nitrogens with one attached hydrogen (secondary N) is 1. The van der Waals surface area contributed by atoms with Crippen LogP contribution in [-0.2, 0) is 0 Å². The highest BCUT2D eigenvalue weighted by molar-refractivity contribution is 4.90. The molecule has 2 rings (SSSR count). The zero-order valence-corrected chi connectivity index (χ0v) is 11.8. The first-order valence-corrected chi connectivity index (χ1v) is 7.72. The van der Waals surface area contributed by atoms with Crippen molar-refractivity contribution in [3.8, 4) is 0 Å². The monoisotopic (exact) mass is 238 g/mol. The molecule has 0 radical (unpaired) electrons. The Hall–Kier alpha value is -0.0800. The second-order valence-electron chi connectivity index (χ2n) is 6.31. The highest BCUT2D eigenvalue weighted by Gasteiger charge is 2.30. The Balaban J connectivity index is 1.97. The van der Waals surface area contributed by atoms with Crippen LogP contribution in [0.5, 0.6) is 0 Å². The molecular weight excluding hydrogens is 208 g/mol. The summed E-state index contributed by atoms with van der Waals surface area (Å²) in [5, 5.41) is 3.75. The molecule has 0 spiro atoms. The Labute approximate surface area is 107 Å². The second kappa shape index (κ2) is 6.19. The second-order valence-corrected chi connectivity index (χ2v) is 6.31. The molecule has 0 bridgehead atoms. The van der Waals surface area contributed by atoms with Crippen molar-refractivity contribution < 1.29 is 0 Å². The fraction of sp³-hybridized carbons (Fsp3) is 1.00. The molecule has 2 fully saturated rings. The van der Waals surface area contributed by atoms with Crippen molar-refractivity contribution >= 4 is 0 Å². The van der Waals surface area contributed by atoms with Crippen LogP contribution in [-0.4, -0.2) is 36.1 Å². The maximum Gasteiger partial charge on any atom is 0.0277 e. The summed E-state index contributed by atoms with van der Waals surface area (Å²) < 4.78 is 0. The van der Waals surface area contributed by atoms with E-state index in [1.807, 2.05) is 0 Å². The van der Waals surface area contributed by atoms with E-state index < -0.39 is 0 Å². The van der Waals surface area contributed by atoms with Gasteiger partial charge in [-0.2, -0.15) is 0 Å². The summed E-state index contributed by atoms with van der Waals surface area (Å²) in [6.45, 7) is 8.50.